The van der Waals surface area contributed by atoms with E-state index in [1.165, 1.54) is 24.8 Å². The Morgan fingerprint density at radius 2 is 2.04 bits per heavy atom. The molecule has 2 rings (SSSR count). The first-order valence-corrected chi connectivity index (χ1v) is 8.65. The molecule has 0 atom stereocenters. The van der Waals surface area contributed by atoms with Crippen molar-refractivity contribution in [2.75, 3.05) is 19.0 Å². The van der Waals surface area contributed by atoms with Crippen molar-refractivity contribution in [1.82, 2.24) is 5.43 Å². The van der Waals surface area contributed by atoms with Crippen LogP contribution < -0.4 is 15.5 Å². The van der Waals surface area contributed by atoms with Crippen LogP contribution in [0.5, 0.6) is 5.75 Å². The molecule has 24 heavy (non-hydrogen) atoms. The number of nitrogens with one attached hydrogen (secondary N) is 2. The van der Waals surface area contributed by atoms with Gasteiger partial charge in [0, 0.05) is 5.69 Å². The Bertz CT molecular complexity index is 591. The Hall–Kier alpha value is -2.30. The van der Waals surface area contributed by atoms with Crippen LogP contribution in [0.3, 0.4) is 0 Å². The van der Waals surface area contributed by atoms with E-state index < -0.39 is 0 Å². The molecule has 0 bridgehead atoms. The van der Waals surface area contributed by atoms with Crippen LogP contribution in [0, 0.1) is 0 Å². The van der Waals surface area contributed by atoms with Gasteiger partial charge in [0.25, 0.3) is 5.91 Å². The maximum atomic E-state index is 11.9. The summed E-state index contributed by atoms with van der Waals surface area (Å²) in [6.45, 7) is 2.39. The molecule has 0 aliphatic heterocycles. The highest BCUT2D eigenvalue weighted by Crippen LogP contribution is 2.21. The number of hydrogen-bond acceptors (Lipinski definition) is 4. The molecule has 0 fully saturated rings. The number of hydrazone groups is 1. The van der Waals surface area contributed by atoms with Crippen LogP contribution in [0.1, 0.15) is 45.4 Å². The summed E-state index contributed by atoms with van der Waals surface area (Å²) in [6, 6.07) is 7.46. The Morgan fingerprint density at radius 1 is 1.25 bits per heavy atom. The average Bonchev–Trinajstić information content (AvgIpc) is 3.06. The number of unbranched alkanes of at least 4 members (excludes halogenated alkanes) is 2. The lowest BCUT2D eigenvalue weighted by atomic mass is 10.1. The van der Waals surface area contributed by atoms with Gasteiger partial charge in [0.15, 0.2) is 0 Å². The van der Waals surface area contributed by atoms with Crippen molar-refractivity contribution in [2.24, 2.45) is 5.10 Å². The molecule has 2 N–H and O–H groups in total. The molecule has 0 saturated carbocycles. The van der Waals surface area contributed by atoms with E-state index in [2.05, 4.69) is 28.8 Å². The zero-order valence-corrected chi connectivity index (χ0v) is 14.6. The summed E-state index contributed by atoms with van der Waals surface area (Å²) in [7, 11) is 1.63. The number of amides is 1. The molecule has 0 spiro atoms. The fourth-order valence-electron chi connectivity index (χ4n) is 2.66. The second-order valence-electron chi connectivity index (χ2n) is 5.90. The molecule has 1 aliphatic carbocycles. The van der Waals surface area contributed by atoms with Crippen LogP contribution in [0.25, 0.3) is 0 Å². The van der Waals surface area contributed by atoms with Gasteiger partial charge in [-0.1, -0.05) is 25.8 Å². The van der Waals surface area contributed by atoms with Gasteiger partial charge < -0.3 is 10.1 Å². The van der Waals surface area contributed by atoms with Gasteiger partial charge in [-0.25, -0.2) is 5.43 Å². The lowest BCUT2D eigenvalue weighted by Crippen LogP contribution is -2.27. The number of benzene rings is 1. The van der Waals surface area contributed by atoms with Crippen LogP contribution in [0.2, 0.25) is 0 Å². The molecule has 1 aromatic rings. The third-order valence-electron chi connectivity index (χ3n) is 4.05. The Balaban J connectivity index is 1.76. The van der Waals surface area contributed by atoms with Gasteiger partial charge >= 0.3 is 0 Å². The number of methoxy groups -OCH3 is 1. The molecule has 5 heteroatoms. The molecule has 1 amide bonds. The predicted octanol–water partition coefficient (Wildman–Crippen LogP) is 3.88. The molecule has 0 heterocycles. The summed E-state index contributed by atoms with van der Waals surface area (Å²) in [6.07, 6.45) is 8.90. The van der Waals surface area contributed by atoms with E-state index in [0.29, 0.717) is 0 Å². The predicted molar refractivity (Wildman–Crippen MR) is 98.5 cm³/mol. The first kappa shape index (κ1) is 18.0. The van der Waals surface area contributed by atoms with E-state index in [1.54, 1.807) is 7.11 Å². The maximum Gasteiger partial charge on any atom is 0.259 e. The molecular weight excluding hydrogens is 302 g/mol. The van der Waals surface area contributed by atoms with Crippen molar-refractivity contribution in [3.05, 3.63) is 35.9 Å². The van der Waals surface area contributed by atoms with Gasteiger partial charge in [-0.2, -0.15) is 5.10 Å². The normalized spacial score (nSPS) is 15.2. The van der Waals surface area contributed by atoms with E-state index in [-0.39, 0.29) is 12.5 Å². The number of carbonyl (C=O) groups excluding carboxylic acids is 1. The summed E-state index contributed by atoms with van der Waals surface area (Å²) in [5.74, 6) is 0.651. The van der Waals surface area contributed by atoms with Crippen LogP contribution in [0.4, 0.5) is 5.69 Å². The van der Waals surface area contributed by atoms with Crippen molar-refractivity contribution in [1.29, 1.82) is 0 Å². The lowest BCUT2D eigenvalue weighted by Gasteiger charge is -2.08. The molecule has 0 unspecified atom stereocenters. The smallest absolute Gasteiger partial charge is 0.259 e. The molecule has 1 aliphatic rings. The molecule has 0 saturated heterocycles. The topological polar surface area (TPSA) is 62.7 Å². The molecule has 1 aromatic carbocycles. The van der Waals surface area contributed by atoms with Gasteiger partial charge in [0.05, 0.1) is 19.4 Å². The van der Waals surface area contributed by atoms with Crippen LogP contribution in [-0.2, 0) is 4.79 Å². The number of hydrogen-bond donors (Lipinski definition) is 2. The highest BCUT2D eigenvalue weighted by Gasteiger charge is 2.13. The van der Waals surface area contributed by atoms with Crippen LogP contribution in [-0.4, -0.2) is 25.3 Å². The minimum absolute atomic E-state index is 0.141. The summed E-state index contributed by atoms with van der Waals surface area (Å²) in [5.41, 5.74) is 5.86. The molecular formula is C19H27N3O2. The number of allylic oxidation sites excluding steroid dienone is 2. The van der Waals surface area contributed by atoms with Crippen LogP contribution in [0.15, 0.2) is 41.0 Å². The standard InChI is InChI=1S/C19H27N3O2/c1-3-4-5-7-15-8-6-9-18(15)21-22-19(23)14-20-16-10-12-17(24-2)13-11-16/h8,10-13,20H,3-7,9,14H2,1-2H3,(H,22,23)/b21-18-. The molecule has 130 valence electrons. The summed E-state index contributed by atoms with van der Waals surface area (Å²) < 4.78 is 5.11. The summed E-state index contributed by atoms with van der Waals surface area (Å²) in [5, 5.41) is 7.38. The highest BCUT2D eigenvalue weighted by molar-refractivity contribution is 6.02. The van der Waals surface area contributed by atoms with E-state index >= 15 is 0 Å². The maximum absolute atomic E-state index is 11.9. The zero-order valence-electron chi connectivity index (χ0n) is 14.6. The van der Waals surface area contributed by atoms with Gasteiger partial charge in [-0.05, 0) is 55.5 Å². The van der Waals surface area contributed by atoms with E-state index in [9.17, 15) is 4.79 Å². The first-order chi connectivity index (χ1) is 11.7. The third kappa shape index (κ3) is 5.72. The fraction of sp³-hybridized carbons (Fsp3) is 0.474. The number of carbonyl (C=O) groups is 1. The summed E-state index contributed by atoms with van der Waals surface area (Å²) in [4.78, 5) is 11.9. The van der Waals surface area contributed by atoms with Gasteiger partial charge in [0.1, 0.15) is 5.75 Å². The third-order valence-corrected chi connectivity index (χ3v) is 4.05. The monoisotopic (exact) mass is 329 g/mol. The first-order valence-electron chi connectivity index (χ1n) is 8.65. The Kier molecular flexibility index (Phi) is 7.33. The van der Waals surface area contributed by atoms with Crippen molar-refractivity contribution in [3.8, 4) is 5.75 Å². The van der Waals surface area contributed by atoms with Gasteiger partial charge in [-0.15, -0.1) is 0 Å². The van der Waals surface area contributed by atoms with E-state index in [0.717, 1.165) is 36.4 Å². The van der Waals surface area contributed by atoms with E-state index in [4.69, 9.17) is 4.74 Å². The number of ether oxygens (including phenoxy) is 1. The highest BCUT2D eigenvalue weighted by atomic mass is 16.5. The van der Waals surface area contributed by atoms with Crippen molar-refractivity contribution >= 4 is 17.3 Å². The Labute approximate surface area is 144 Å². The zero-order chi connectivity index (χ0) is 17.2. The van der Waals surface area contributed by atoms with Crippen molar-refractivity contribution in [2.45, 2.75) is 45.4 Å². The van der Waals surface area contributed by atoms with Gasteiger partial charge in [0.2, 0.25) is 0 Å². The van der Waals surface area contributed by atoms with Gasteiger partial charge in [-0.3, -0.25) is 4.79 Å². The summed E-state index contributed by atoms with van der Waals surface area (Å²) >= 11 is 0. The molecule has 0 aromatic heterocycles. The quantitative estimate of drug-likeness (QED) is 0.534. The second-order valence-corrected chi connectivity index (χ2v) is 5.90. The lowest BCUT2D eigenvalue weighted by molar-refractivity contribution is -0.119. The van der Waals surface area contributed by atoms with Crippen molar-refractivity contribution in [3.63, 3.8) is 0 Å². The average molecular weight is 329 g/mol. The van der Waals surface area contributed by atoms with E-state index in [1.807, 2.05) is 24.3 Å². The van der Waals surface area contributed by atoms with Crippen molar-refractivity contribution < 1.29 is 9.53 Å². The number of rotatable bonds is 9. The largest absolute Gasteiger partial charge is 0.497 e. The minimum Gasteiger partial charge on any atom is -0.497 e. The molecule has 0 radical (unpaired) electrons. The fourth-order valence-corrected chi connectivity index (χ4v) is 2.66. The van der Waals surface area contributed by atoms with Crippen LogP contribution >= 0.6 is 0 Å². The Morgan fingerprint density at radius 3 is 2.75 bits per heavy atom. The number of anilines is 1. The second kappa shape index (κ2) is 9.75. The number of nitrogens with zero attached hydrogens (tertiary/aromatic N) is 1. The SMILES string of the molecule is CCCCCC1=CCC/C1=N/NC(=O)CNc1ccc(OC)cc1. The molecule has 5 nitrogen and oxygen atoms in total. The minimum atomic E-state index is -0.141.